The molecule has 2 aromatic carbocycles. The number of hydrogen-bond acceptors (Lipinski definition) is 12. The Bertz CT molecular complexity index is 1750. The molecular weight excluding hydrogens is 584 g/mol. The summed E-state index contributed by atoms with van der Waals surface area (Å²) in [5.41, 5.74) is -2.68. The standard InChI is InChI=1S/C33H34N2O10/c1-13(36)33(42)14(2)43-22(10-21(33)38)44-29-18-9-17-25(26(39)16-5-4-6-20(37)24(16)27(17)40)28(41)23(18)19-12-31(29,3)45-32(19)11-15-7-8-34-30(15)35-32/h4-6,9,11,13-14,19,21-22,29,36-38,41-42H,7-8,10,12H2,1-3H3,(H,34,35)/t13?,14?,19?,21?,22?,29-,31-,32-,33?/m1/s1. The van der Waals surface area contributed by atoms with Gasteiger partial charge in [-0.15, -0.1) is 0 Å². The number of phenols is 2. The van der Waals surface area contributed by atoms with Crippen molar-refractivity contribution in [2.24, 2.45) is 4.99 Å². The van der Waals surface area contributed by atoms with Crippen LogP contribution in [0.4, 0.5) is 0 Å². The van der Waals surface area contributed by atoms with E-state index in [1.54, 1.807) is 0 Å². The maximum Gasteiger partial charge on any atom is 0.198 e. The van der Waals surface area contributed by atoms with Gasteiger partial charge in [-0.2, -0.15) is 0 Å². The van der Waals surface area contributed by atoms with Crippen LogP contribution in [0.5, 0.6) is 11.5 Å². The Kier molecular flexibility index (Phi) is 5.90. The molecule has 2 saturated heterocycles. The summed E-state index contributed by atoms with van der Waals surface area (Å²) in [7, 11) is 0. The topological polar surface area (TPSA) is 187 Å². The maximum absolute atomic E-state index is 13.8. The van der Waals surface area contributed by atoms with Crippen LogP contribution in [-0.2, 0) is 14.2 Å². The van der Waals surface area contributed by atoms with Crippen molar-refractivity contribution >= 4 is 17.4 Å². The molecule has 0 aromatic heterocycles. The van der Waals surface area contributed by atoms with Crippen LogP contribution in [0, 0.1) is 0 Å². The number of fused-ring (bicyclic) bond motifs is 8. The lowest BCUT2D eigenvalue weighted by Gasteiger charge is -2.48. The first-order valence-electron chi connectivity index (χ1n) is 15.2. The van der Waals surface area contributed by atoms with Crippen LogP contribution in [0.1, 0.15) is 95.0 Å². The zero-order valence-electron chi connectivity index (χ0n) is 24.9. The summed E-state index contributed by atoms with van der Waals surface area (Å²) >= 11 is 0. The van der Waals surface area contributed by atoms with E-state index >= 15 is 0 Å². The number of aliphatic hydroxyl groups excluding tert-OH is 2. The van der Waals surface area contributed by atoms with E-state index in [-0.39, 0.29) is 40.2 Å². The Hall–Kier alpha value is -3.65. The first-order chi connectivity index (χ1) is 21.3. The molecule has 2 fully saturated rings. The highest BCUT2D eigenvalue weighted by atomic mass is 16.7. The van der Waals surface area contributed by atoms with E-state index in [1.807, 2.05) is 13.0 Å². The molecule has 2 aliphatic carbocycles. The summed E-state index contributed by atoms with van der Waals surface area (Å²) in [4.78, 5) is 32.2. The molecule has 45 heavy (non-hydrogen) atoms. The largest absolute Gasteiger partial charge is 0.507 e. The van der Waals surface area contributed by atoms with Crippen molar-refractivity contribution in [3.05, 3.63) is 69.3 Å². The zero-order valence-corrected chi connectivity index (χ0v) is 24.9. The molecule has 12 nitrogen and oxygen atoms in total. The van der Waals surface area contributed by atoms with E-state index in [0.717, 1.165) is 12.0 Å². The molecule has 8 rings (SSSR count). The molecule has 12 heteroatoms. The fourth-order valence-corrected chi connectivity index (χ4v) is 8.40. The lowest BCUT2D eigenvalue weighted by molar-refractivity contribution is -0.321. The Morgan fingerprint density at radius 1 is 1.16 bits per heavy atom. The molecule has 6 aliphatic rings. The highest BCUT2D eigenvalue weighted by Crippen LogP contribution is 2.63. The molecule has 0 amide bonds. The number of phenolic OH excluding ortho intramolecular Hbond substituents is 2. The van der Waals surface area contributed by atoms with Crippen molar-refractivity contribution in [2.45, 2.75) is 93.6 Å². The molecule has 6 unspecified atom stereocenters. The van der Waals surface area contributed by atoms with Crippen LogP contribution in [0.3, 0.4) is 0 Å². The molecule has 236 valence electrons. The summed E-state index contributed by atoms with van der Waals surface area (Å²) in [6.07, 6.45) is -2.86. The fraction of sp³-hybridized carbons (Fsp3) is 0.485. The van der Waals surface area contributed by atoms with Crippen molar-refractivity contribution in [1.29, 1.82) is 0 Å². The zero-order chi connectivity index (χ0) is 31.8. The molecule has 9 atom stereocenters. The highest BCUT2D eigenvalue weighted by Gasteiger charge is 2.65. The summed E-state index contributed by atoms with van der Waals surface area (Å²) in [6.45, 7) is 5.41. The van der Waals surface area contributed by atoms with Gasteiger partial charge in [0.2, 0.25) is 0 Å². The predicted octanol–water partition coefficient (Wildman–Crippen LogP) is 1.84. The number of aromatic hydroxyl groups is 2. The third-order valence-electron chi connectivity index (χ3n) is 10.6. The number of nitrogens with zero attached hydrogens (tertiary/aromatic N) is 1. The number of carbonyl (C=O) groups is 2. The number of aliphatic imine (C=N–C) groups is 1. The third-order valence-corrected chi connectivity index (χ3v) is 10.6. The number of hydrogen-bond donors (Lipinski definition) is 6. The van der Waals surface area contributed by atoms with Crippen molar-refractivity contribution in [3.63, 3.8) is 0 Å². The van der Waals surface area contributed by atoms with E-state index in [2.05, 4.69) is 10.3 Å². The van der Waals surface area contributed by atoms with Crippen LogP contribution in [0.2, 0.25) is 0 Å². The van der Waals surface area contributed by atoms with Crippen LogP contribution in [0.25, 0.3) is 0 Å². The Balaban J connectivity index is 1.28. The van der Waals surface area contributed by atoms with E-state index in [1.165, 1.54) is 38.1 Å². The van der Waals surface area contributed by atoms with E-state index < -0.39 is 65.1 Å². The number of amidine groups is 1. The van der Waals surface area contributed by atoms with Crippen molar-refractivity contribution < 1.29 is 49.3 Å². The third kappa shape index (κ3) is 3.66. The summed E-state index contributed by atoms with van der Waals surface area (Å²) < 4.78 is 19.4. The van der Waals surface area contributed by atoms with E-state index in [0.29, 0.717) is 29.9 Å². The lowest BCUT2D eigenvalue weighted by Crippen LogP contribution is -2.64. The van der Waals surface area contributed by atoms with Gasteiger partial charge in [0.1, 0.15) is 29.0 Å². The Morgan fingerprint density at radius 2 is 1.91 bits per heavy atom. The number of nitrogens with one attached hydrogen (secondary N) is 1. The molecule has 2 bridgehead atoms. The Morgan fingerprint density at radius 3 is 2.62 bits per heavy atom. The molecular formula is C33H34N2O10. The average Bonchev–Trinajstić information content (AvgIpc) is 3.62. The van der Waals surface area contributed by atoms with E-state index in [9.17, 15) is 35.1 Å². The number of ketones is 2. The van der Waals surface area contributed by atoms with Gasteiger partial charge in [-0.1, -0.05) is 12.1 Å². The summed E-state index contributed by atoms with van der Waals surface area (Å²) in [5.74, 6) is -1.69. The number of aliphatic hydroxyl groups is 3. The minimum Gasteiger partial charge on any atom is -0.507 e. The number of benzene rings is 2. The Labute approximate surface area is 258 Å². The monoisotopic (exact) mass is 618 g/mol. The van der Waals surface area contributed by atoms with Crippen LogP contribution in [0.15, 0.2) is 40.9 Å². The van der Waals surface area contributed by atoms with Crippen LogP contribution in [-0.4, -0.2) is 91.0 Å². The molecule has 6 N–H and O–H groups in total. The molecule has 0 radical (unpaired) electrons. The minimum atomic E-state index is -1.93. The van der Waals surface area contributed by atoms with Gasteiger partial charge in [-0.05, 0) is 63.0 Å². The number of carbonyl (C=O) groups excluding carboxylic acids is 2. The lowest BCUT2D eigenvalue weighted by atomic mass is 9.69. The first-order valence-corrected chi connectivity index (χ1v) is 15.2. The van der Waals surface area contributed by atoms with Gasteiger partial charge in [-0.25, -0.2) is 0 Å². The second-order valence-corrected chi connectivity index (χ2v) is 13.3. The van der Waals surface area contributed by atoms with Gasteiger partial charge in [-0.3, -0.25) is 14.6 Å². The van der Waals surface area contributed by atoms with Crippen molar-refractivity contribution in [2.75, 3.05) is 6.54 Å². The van der Waals surface area contributed by atoms with Gasteiger partial charge < -0.3 is 45.1 Å². The molecule has 2 aromatic rings. The summed E-state index contributed by atoms with van der Waals surface area (Å²) in [5, 5.41) is 58.1. The van der Waals surface area contributed by atoms with Crippen molar-refractivity contribution in [1.82, 2.24) is 5.32 Å². The number of ether oxygens (including phenoxy) is 3. The second-order valence-electron chi connectivity index (χ2n) is 13.3. The van der Waals surface area contributed by atoms with Crippen molar-refractivity contribution in [3.8, 4) is 11.5 Å². The van der Waals surface area contributed by atoms with Gasteiger partial charge in [0.05, 0.1) is 35.0 Å². The van der Waals surface area contributed by atoms with E-state index in [4.69, 9.17) is 14.2 Å². The minimum absolute atomic E-state index is 0.00256. The maximum atomic E-state index is 13.8. The quantitative estimate of drug-likeness (QED) is 0.251. The average molecular weight is 619 g/mol. The predicted molar refractivity (Wildman–Crippen MR) is 156 cm³/mol. The second kappa shape index (κ2) is 9.21. The molecule has 1 spiro atoms. The van der Waals surface area contributed by atoms with Gasteiger partial charge in [0.15, 0.2) is 23.6 Å². The molecule has 4 aliphatic heterocycles. The molecule has 4 heterocycles. The normalized spacial score (nSPS) is 38.2. The summed E-state index contributed by atoms with van der Waals surface area (Å²) in [6, 6.07) is 5.79. The van der Waals surface area contributed by atoms with Crippen LogP contribution >= 0.6 is 0 Å². The fourth-order valence-electron chi connectivity index (χ4n) is 8.40. The SMILES string of the molecule is CC(O)C1(O)C(O)CC(O[C@@H]2c3cc4c(c(O)c3C3C[C@@]2(C)O[C@]32C=C3CCN=C3N2)C(=O)c2cccc(O)c2C4=O)OC1C. The van der Waals surface area contributed by atoms with Crippen LogP contribution < -0.4 is 5.32 Å². The first kappa shape index (κ1) is 28.8. The number of rotatable bonds is 3. The van der Waals surface area contributed by atoms with Gasteiger partial charge >= 0.3 is 0 Å². The van der Waals surface area contributed by atoms with Gasteiger partial charge in [0.25, 0.3) is 0 Å². The molecule has 0 saturated carbocycles. The smallest absolute Gasteiger partial charge is 0.198 e. The highest BCUT2D eigenvalue weighted by molar-refractivity contribution is 6.30. The van der Waals surface area contributed by atoms with Gasteiger partial charge in [0, 0.05) is 35.6 Å².